The molecule has 0 aromatic carbocycles. The highest BCUT2D eigenvalue weighted by atomic mass is 32.1. The molecule has 2 aromatic rings. The molecule has 0 saturated heterocycles. The fourth-order valence-electron chi connectivity index (χ4n) is 1.66. The minimum absolute atomic E-state index is 0.751. The van der Waals surface area contributed by atoms with Gasteiger partial charge in [-0.05, 0) is 13.3 Å². The standard InChI is InChI=1S/C11H14N4S/c1-4-8-7(2)14-11(15-10(8)12-3)9-5-13-6-16-9/h5-6H,4H2,1-3H3,(H,12,14,15). The number of hydrogen-bond acceptors (Lipinski definition) is 5. The third-order valence-corrected chi connectivity index (χ3v) is 3.23. The fraction of sp³-hybridized carbons (Fsp3) is 0.364. The summed E-state index contributed by atoms with van der Waals surface area (Å²) >= 11 is 1.55. The van der Waals surface area contributed by atoms with Gasteiger partial charge in [0.1, 0.15) is 5.82 Å². The van der Waals surface area contributed by atoms with Gasteiger partial charge in [-0.2, -0.15) is 0 Å². The van der Waals surface area contributed by atoms with Crippen LogP contribution in [-0.2, 0) is 6.42 Å². The van der Waals surface area contributed by atoms with E-state index in [0.717, 1.165) is 28.6 Å². The maximum Gasteiger partial charge on any atom is 0.173 e. The second kappa shape index (κ2) is 4.57. The molecule has 0 atom stereocenters. The molecular formula is C11H14N4S. The Morgan fingerprint density at radius 3 is 2.75 bits per heavy atom. The highest BCUT2D eigenvalue weighted by Gasteiger charge is 2.11. The summed E-state index contributed by atoms with van der Waals surface area (Å²) in [4.78, 5) is 14.1. The van der Waals surface area contributed by atoms with Gasteiger partial charge in [0.05, 0.1) is 10.4 Å². The first-order valence-corrected chi connectivity index (χ1v) is 6.08. The first-order chi connectivity index (χ1) is 7.76. The van der Waals surface area contributed by atoms with Crippen LogP contribution in [-0.4, -0.2) is 22.0 Å². The lowest BCUT2D eigenvalue weighted by molar-refractivity contribution is 1.00. The van der Waals surface area contributed by atoms with E-state index in [4.69, 9.17) is 0 Å². The minimum atomic E-state index is 0.751. The number of nitrogens with one attached hydrogen (secondary N) is 1. The van der Waals surface area contributed by atoms with Crippen molar-refractivity contribution in [2.24, 2.45) is 0 Å². The lowest BCUT2D eigenvalue weighted by Crippen LogP contribution is -2.04. The molecule has 2 heterocycles. The van der Waals surface area contributed by atoms with E-state index in [9.17, 15) is 0 Å². The van der Waals surface area contributed by atoms with E-state index in [1.54, 1.807) is 23.0 Å². The van der Waals surface area contributed by atoms with Crippen LogP contribution in [0.3, 0.4) is 0 Å². The zero-order valence-corrected chi connectivity index (χ0v) is 10.4. The lowest BCUT2D eigenvalue weighted by Gasteiger charge is -2.10. The molecule has 0 fully saturated rings. The maximum absolute atomic E-state index is 4.51. The Morgan fingerprint density at radius 2 is 2.19 bits per heavy atom. The Hall–Kier alpha value is -1.49. The summed E-state index contributed by atoms with van der Waals surface area (Å²) in [6.45, 7) is 4.13. The highest BCUT2D eigenvalue weighted by molar-refractivity contribution is 7.13. The van der Waals surface area contributed by atoms with Gasteiger partial charge in [-0.25, -0.2) is 9.97 Å². The first-order valence-electron chi connectivity index (χ1n) is 5.20. The summed E-state index contributed by atoms with van der Waals surface area (Å²) < 4.78 is 0. The van der Waals surface area contributed by atoms with Gasteiger partial charge in [-0.3, -0.25) is 4.98 Å². The quantitative estimate of drug-likeness (QED) is 0.886. The predicted octanol–water partition coefficient (Wildman–Crippen LogP) is 2.51. The number of nitrogens with zero attached hydrogens (tertiary/aromatic N) is 3. The molecule has 0 bridgehead atoms. The van der Waals surface area contributed by atoms with E-state index >= 15 is 0 Å². The Morgan fingerprint density at radius 1 is 1.38 bits per heavy atom. The lowest BCUT2D eigenvalue weighted by atomic mass is 10.1. The topological polar surface area (TPSA) is 50.7 Å². The van der Waals surface area contributed by atoms with E-state index in [0.29, 0.717) is 0 Å². The predicted molar refractivity (Wildman–Crippen MR) is 66.8 cm³/mol. The smallest absolute Gasteiger partial charge is 0.173 e. The van der Waals surface area contributed by atoms with Crippen molar-refractivity contribution in [1.82, 2.24) is 15.0 Å². The summed E-state index contributed by atoms with van der Waals surface area (Å²) in [5.74, 6) is 1.67. The van der Waals surface area contributed by atoms with Crippen LogP contribution in [0.1, 0.15) is 18.2 Å². The zero-order chi connectivity index (χ0) is 11.5. The maximum atomic E-state index is 4.51. The minimum Gasteiger partial charge on any atom is -0.373 e. The van der Waals surface area contributed by atoms with Crippen molar-refractivity contribution >= 4 is 17.2 Å². The number of rotatable bonds is 3. The van der Waals surface area contributed by atoms with Crippen molar-refractivity contribution in [1.29, 1.82) is 0 Å². The summed E-state index contributed by atoms with van der Waals surface area (Å²) in [5.41, 5.74) is 4.00. The van der Waals surface area contributed by atoms with Crippen LogP contribution >= 0.6 is 11.3 Å². The summed E-state index contributed by atoms with van der Waals surface area (Å²) in [5, 5.41) is 3.12. The van der Waals surface area contributed by atoms with Crippen molar-refractivity contribution in [2.75, 3.05) is 12.4 Å². The molecular weight excluding hydrogens is 220 g/mol. The molecule has 0 aliphatic heterocycles. The molecule has 2 rings (SSSR count). The van der Waals surface area contributed by atoms with E-state index in [2.05, 4.69) is 27.2 Å². The van der Waals surface area contributed by atoms with Crippen molar-refractivity contribution in [3.05, 3.63) is 23.0 Å². The van der Waals surface area contributed by atoms with Crippen molar-refractivity contribution in [3.8, 4) is 10.7 Å². The summed E-state index contributed by atoms with van der Waals surface area (Å²) in [7, 11) is 1.89. The monoisotopic (exact) mass is 234 g/mol. The number of aromatic nitrogens is 3. The van der Waals surface area contributed by atoms with Crippen LogP contribution in [0, 0.1) is 6.92 Å². The Balaban J connectivity index is 2.54. The number of thiazole rings is 1. The van der Waals surface area contributed by atoms with E-state index in [-0.39, 0.29) is 0 Å². The van der Waals surface area contributed by atoms with E-state index in [1.165, 1.54) is 5.56 Å². The van der Waals surface area contributed by atoms with Crippen molar-refractivity contribution in [2.45, 2.75) is 20.3 Å². The van der Waals surface area contributed by atoms with E-state index in [1.807, 2.05) is 14.0 Å². The van der Waals surface area contributed by atoms with Gasteiger partial charge in [0.2, 0.25) is 0 Å². The molecule has 0 unspecified atom stereocenters. The second-order valence-electron chi connectivity index (χ2n) is 3.43. The van der Waals surface area contributed by atoms with Gasteiger partial charge in [-0.15, -0.1) is 11.3 Å². The number of hydrogen-bond donors (Lipinski definition) is 1. The van der Waals surface area contributed by atoms with Crippen LogP contribution in [0.4, 0.5) is 5.82 Å². The van der Waals surface area contributed by atoms with Gasteiger partial charge >= 0.3 is 0 Å². The van der Waals surface area contributed by atoms with Gasteiger partial charge in [0, 0.05) is 24.5 Å². The number of anilines is 1. The summed E-state index contributed by atoms with van der Waals surface area (Å²) in [6, 6.07) is 0. The SMILES string of the molecule is CCc1c(C)nc(-c2cncs2)nc1NC. The molecule has 2 aromatic heterocycles. The molecule has 84 valence electrons. The average molecular weight is 234 g/mol. The van der Waals surface area contributed by atoms with Gasteiger partial charge in [0.25, 0.3) is 0 Å². The Bertz CT molecular complexity index is 479. The Kier molecular flexibility index (Phi) is 3.14. The molecule has 16 heavy (non-hydrogen) atoms. The van der Waals surface area contributed by atoms with Crippen LogP contribution in [0.2, 0.25) is 0 Å². The molecule has 0 radical (unpaired) electrons. The molecule has 1 N–H and O–H groups in total. The zero-order valence-electron chi connectivity index (χ0n) is 9.61. The van der Waals surface area contributed by atoms with Crippen LogP contribution < -0.4 is 5.32 Å². The molecule has 5 heteroatoms. The van der Waals surface area contributed by atoms with Crippen molar-refractivity contribution in [3.63, 3.8) is 0 Å². The number of aryl methyl sites for hydroxylation is 1. The van der Waals surface area contributed by atoms with Crippen LogP contribution in [0.5, 0.6) is 0 Å². The molecule has 4 nitrogen and oxygen atoms in total. The molecule has 0 aliphatic carbocycles. The normalized spacial score (nSPS) is 10.4. The van der Waals surface area contributed by atoms with Crippen molar-refractivity contribution < 1.29 is 0 Å². The van der Waals surface area contributed by atoms with Gasteiger partial charge in [-0.1, -0.05) is 6.92 Å². The fourth-order valence-corrected chi connectivity index (χ4v) is 2.22. The second-order valence-corrected chi connectivity index (χ2v) is 4.32. The van der Waals surface area contributed by atoms with Gasteiger partial charge in [0.15, 0.2) is 5.82 Å². The third-order valence-electron chi connectivity index (χ3n) is 2.46. The molecule has 0 aliphatic rings. The first kappa shape index (κ1) is 11.0. The highest BCUT2D eigenvalue weighted by Crippen LogP contribution is 2.24. The largest absolute Gasteiger partial charge is 0.373 e. The van der Waals surface area contributed by atoms with E-state index < -0.39 is 0 Å². The molecule has 0 spiro atoms. The average Bonchev–Trinajstić information content (AvgIpc) is 2.81. The van der Waals surface area contributed by atoms with Crippen LogP contribution in [0.25, 0.3) is 10.7 Å². The molecule has 0 amide bonds. The van der Waals surface area contributed by atoms with Gasteiger partial charge < -0.3 is 5.32 Å². The molecule has 0 saturated carbocycles. The summed E-state index contributed by atoms with van der Waals surface area (Å²) in [6.07, 6.45) is 2.73. The Labute approximate surface area is 98.8 Å². The third kappa shape index (κ3) is 1.90. The van der Waals surface area contributed by atoms with Crippen LogP contribution in [0.15, 0.2) is 11.7 Å².